The first-order valence-corrected chi connectivity index (χ1v) is 8.48. The van der Waals surface area contributed by atoms with E-state index in [1.165, 1.54) is 13.0 Å². The lowest BCUT2D eigenvalue weighted by Crippen LogP contribution is -2.58. The van der Waals surface area contributed by atoms with Crippen molar-refractivity contribution in [2.45, 2.75) is 32.0 Å². The van der Waals surface area contributed by atoms with E-state index in [1.807, 2.05) is 0 Å². The first-order chi connectivity index (χ1) is 12.2. The Morgan fingerprint density at radius 2 is 1.81 bits per heavy atom. The topological polar surface area (TPSA) is 62.7 Å². The molecule has 0 bridgehead atoms. The van der Waals surface area contributed by atoms with Crippen molar-refractivity contribution in [1.82, 2.24) is 14.8 Å². The van der Waals surface area contributed by atoms with Crippen molar-refractivity contribution in [3.05, 3.63) is 23.9 Å². The van der Waals surface area contributed by atoms with Crippen LogP contribution in [0, 0.1) is 5.92 Å². The molecule has 0 unspecified atom stereocenters. The molecule has 0 saturated carbocycles. The van der Waals surface area contributed by atoms with Crippen molar-refractivity contribution in [2.75, 3.05) is 26.2 Å². The average molecular weight is 371 g/mol. The van der Waals surface area contributed by atoms with Crippen molar-refractivity contribution >= 4 is 11.8 Å². The first-order valence-electron chi connectivity index (χ1n) is 8.48. The number of hydrogen-bond acceptors (Lipinski definition) is 4. The fraction of sp³-hybridized carbons (Fsp3) is 0.588. The van der Waals surface area contributed by atoms with Crippen molar-refractivity contribution in [3.63, 3.8) is 0 Å². The smallest absolute Gasteiger partial charge is 0.417 e. The molecule has 2 fully saturated rings. The van der Waals surface area contributed by atoms with E-state index < -0.39 is 11.7 Å². The third-order valence-corrected chi connectivity index (χ3v) is 4.80. The molecular weight excluding hydrogens is 351 g/mol. The number of piperidine rings is 1. The first kappa shape index (κ1) is 18.5. The number of likely N-dealkylation sites (tertiary alicyclic amines) is 2. The summed E-state index contributed by atoms with van der Waals surface area (Å²) in [6.45, 7) is 3.50. The Bertz CT molecular complexity index is 664. The van der Waals surface area contributed by atoms with E-state index in [0.29, 0.717) is 39.0 Å². The molecule has 6 nitrogen and oxygen atoms in total. The molecule has 0 radical (unpaired) electrons. The Morgan fingerprint density at radius 3 is 2.31 bits per heavy atom. The highest BCUT2D eigenvalue weighted by molar-refractivity contribution is 5.80. The lowest BCUT2D eigenvalue weighted by atomic mass is 9.93. The van der Waals surface area contributed by atoms with Gasteiger partial charge in [-0.1, -0.05) is 0 Å². The van der Waals surface area contributed by atoms with E-state index in [-0.39, 0.29) is 29.7 Å². The number of pyridine rings is 1. The predicted octanol–water partition coefficient (Wildman–Crippen LogP) is 1.95. The molecule has 142 valence electrons. The second-order valence-electron chi connectivity index (χ2n) is 6.65. The van der Waals surface area contributed by atoms with E-state index in [0.717, 1.165) is 12.3 Å². The van der Waals surface area contributed by atoms with Crippen LogP contribution in [0.25, 0.3) is 0 Å². The van der Waals surface area contributed by atoms with E-state index >= 15 is 0 Å². The van der Waals surface area contributed by atoms with Crippen LogP contribution in [0.4, 0.5) is 13.2 Å². The normalized spacial score (nSPS) is 19.2. The van der Waals surface area contributed by atoms with Gasteiger partial charge in [-0.05, 0) is 18.9 Å². The minimum Gasteiger partial charge on any atom is -0.471 e. The molecule has 0 aromatic carbocycles. The highest BCUT2D eigenvalue weighted by Gasteiger charge is 2.37. The number of ether oxygens (including phenoxy) is 1. The number of halogens is 3. The Balaban J connectivity index is 1.44. The summed E-state index contributed by atoms with van der Waals surface area (Å²) in [6.07, 6.45) is -2.65. The molecule has 3 heterocycles. The van der Waals surface area contributed by atoms with Crippen LogP contribution < -0.4 is 4.74 Å². The van der Waals surface area contributed by atoms with Crippen LogP contribution in [0.15, 0.2) is 18.3 Å². The quantitative estimate of drug-likeness (QED) is 0.815. The Kier molecular flexibility index (Phi) is 5.06. The summed E-state index contributed by atoms with van der Waals surface area (Å²) in [5, 5.41) is 0. The fourth-order valence-corrected chi connectivity index (χ4v) is 3.18. The second kappa shape index (κ2) is 7.13. The van der Waals surface area contributed by atoms with Crippen LogP contribution in [0.2, 0.25) is 0 Å². The van der Waals surface area contributed by atoms with Crippen LogP contribution in [-0.4, -0.2) is 58.9 Å². The van der Waals surface area contributed by atoms with E-state index in [2.05, 4.69) is 4.98 Å². The number of carbonyl (C=O) groups is 2. The van der Waals surface area contributed by atoms with Crippen LogP contribution >= 0.6 is 0 Å². The molecule has 9 heteroatoms. The molecule has 1 aromatic rings. The lowest BCUT2D eigenvalue weighted by Gasteiger charge is -2.41. The average Bonchev–Trinajstić information content (AvgIpc) is 2.57. The minimum absolute atomic E-state index is 0.0253. The zero-order valence-corrected chi connectivity index (χ0v) is 14.3. The third kappa shape index (κ3) is 4.08. The largest absolute Gasteiger partial charge is 0.471 e. The van der Waals surface area contributed by atoms with E-state index in [4.69, 9.17) is 4.74 Å². The van der Waals surface area contributed by atoms with E-state index in [1.54, 1.807) is 9.80 Å². The van der Waals surface area contributed by atoms with Crippen molar-refractivity contribution in [1.29, 1.82) is 0 Å². The summed E-state index contributed by atoms with van der Waals surface area (Å²) in [6, 6.07) is 2.11. The highest BCUT2D eigenvalue weighted by Crippen LogP contribution is 2.30. The number of aromatic nitrogens is 1. The van der Waals surface area contributed by atoms with Gasteiger partial charge in [0.2, 0.25) is 17.7 Å². The molecule has 1 aromatic heterocycles. The Labute approximate surface area is 148 Å². The van der Waals surface area contributed by atoms with Gasteiger partial charge in [0.1, 0.15) is 6.10 Å². The van der Waals surface area contributed by atoms with Gasteiger partial charge in [0.15, 0.2) is 0 Å². The van der Waals surface area contributed by atoms with Crippen molar-refractivity contribution in [2.24, 2.45) is 5.92 Å². The number of carbonyl (C=O) groups excluding carboxylic acids is 2. The van der Waals surface area contributed by atoms with Crippen LogP contribution in [0.5, 0.6) is 5.88 Å². The van der Waals surface area contributed by atoms with Crippen LogP contribution in [0.3, 0.4) is 0 Å². The van der Waals surface area contributed by atoms with Gasteiger partial charge in [0.25, 0.3) is 0 Å². The van der Waals surface area contributed by atoms with Gasteiger partial charge < -0.3 is 14.5 Å². The van der Waals surface area contributed by atoms with Gasteiger partial charge in [-0.2, -0.15) is 13.2 Å². The summed E-state index contributed by atoms with van der Waals surface area (Å²) in [5.41, 5.74) is -0.827. The van der Waals surface area contributed by atoms with Crippen molar-refractivity contribution in [3.8, 4) is 5.88 Å². The van der Waals surface area contributed by atoms with Gasteiger partial charge in [0, 0.05) is 38.2 Å². The van der Waals surface area contributed by atoms with Gasteiger partial charge in [0.05, 0.1) is 18.7 Å². The third-order valence-electron chi connectivity index (χ3n) is 4.80. The molecule has 2 saturated heterocycles. The minimum atomic E-state index is -4.43. The van der Waals surface area contributed by atoms with Crippen LogP contribution in [-0.2, 0) is 15.8 Å². The van der Waals surface area contributed by atoms with E-state index in [9.17, 15) is 22.8 Å². The van der Waals surface area contributed by atoms with Gasteiger partial charge in [-0.15, -0.1) is 0 Å². The Morgan fingerprint density at radius 1 is 1.15 bits per heavy atom. The molecule has 0 aliphatic carbocycles. The van der Waals surface area contributed by atoms with Gasteiger partial charge in [-0.25, -0.2) is 4.98 Å². The highest BCUT2D eigenvalue weighted by atomic mass is 19.4. The summed E-state index contributed by atoms with van der Waals surface area (Å²) in [5.74, 6) is 0.103. The summed E-state index contributed by atoms with van der Waals surface area (Å²) < 4.78 is 43.0. The number of amides is 2. The predicted molar refractivity (Wildman–Crippen MR) is 85.2 cm³/mol. The summed E-state index contributed by atoms with van der Waals surface area (Å²) in [7, 11) is 0. The number of hydrogen-bond donors (Lipinski definition) is 0. The fourth-order valence-electron chi connectivity index (χ4n) is 3.18. The molecule has 2 amide bonds. The lowest BCUT2D eigenvalue weighted by molar-refractivity contribution is -0.147. The molecule has 26 heavy (non-hydrogen) atoms. The molecule has 2 aliphatic heterocycles. The monoisotopic (exact) mass is 371 g/mol. The molecule has 0 N–H and O–H groups in total. The van der Waals surface area contributed by atoms with Gasteiger partial charge >= 0.3 is 6.18 Å². The zero-order valence-electron chi connectivity index (χ0n) is 14.3. The summed E-state index contributed by atoms with van der Waals surface area (Å²) in [4.78, 5) is 30.8. The second-order valence-corrected chi connectivity index (χ2v) is 6.65. The van der Waals surface area contributed by atoms with Gasteiger partial charge in [-0.3, -0.25) is 9.59 Å². The zero-order chi connectivity index (χ0) is 18.9. The maximum Gasteiger partial charge on any atom is 0.417 e. The number of nitrogens with zero attached hydrogens (tertiary/aromatic N) is 3. The molecule has 0 spiro atoms. The maximum absolute atomic E-state index is 12.5. The molecule has 0 atom stereocenters. The standard InChI is InChI=1S/C17H20F3N3O3/c1-11(24)22-6-4-12(5-7-22)16(25)23-9-14(10-23)26-15-3-2-13(8-21-15)17(18,19)20/h2-3,8,12,14H,4-7,9-10H2,1H3. The van der Waals surface area contributed by atoms with Crippen LogP contribution in [0.1, 0.15) is 25.3 Å². The molecular formula is C17H20F3N3O3. The maximum atomic E-state index is 12.5. The Hall–Kier alpha value is -2.32. The summed E-state index contributed by atoms with van der Waals surface area (Å²) >= 11 is 0. The molecule has 2 aliphatic rings. The van der Waals surface area contributed by atoms with Crippen molar-refractivity contribution < 1.29 is 27.5 Å². The SMILES string of the molecule is CC(=O)N1CCC(C(=O)N2CC(Oc3ccc(C(F)(F)F)cn3)C2)CC1. The number of rotatable bonds is 3. The number of alkyl halides is 3. The molecule has 3 rings (SSSR count).